The van der Waals surface area contributed by atoms with E-state index in [0.29, 0.717) is 10.8 Å². The van der Waals surface area contributed by atoms with Crippen LogP contribution in [0.15, 0.2) is 24.3 Å². The van der Waals surface area contributed by atoms with Crippen molar-refractivity contribution in [3.8, 4) is 5.75 Å². The van der Waals surface area contributed by atoms with Crippen LogP contribution >= 0.6 is 11.6 Å². The number of aliphatic hydroxyl groups excluding tert-OH is 1. The molecule has 1 aromatic rings. The van der Waals surface area contributed by atoms with Crippen LogP contribution < -0.4 is 10.1 Å². The summed E-state index contributed by atoms with van der Waals surface area (Å²) in [5.74, 6) is 0.362. The molecular formula is C13H18ClNO3. The number of rotatable bonds is 6. The summed E-state index contributed by atoms with van der Waals surface area (Å²) in [4.78, 5) is 11.6. The molecule has 1 aromatic carbocycles. The van der Waals surface area contributed by atoms with E-state index in [9.17, 15) is 4.79 Å². The van der Waals surface area contributed by atoms with Crippen molar-refractivity contribution in [1.82, 2.24) is 5.32 Å². The molecule has 0 aliphatic heterocycles. The molecule has 0 bridgehead atoms. The normalized spacial score (nSPS) is 12.3. The number of halogens is 1. The number of para-hydroxylation sites is 1. The van der Waals surface area contributed by atoms with Crippen LogP contribution in [0.25, 0.3) is 0 Å². The highest BCUT2D eigenvalue weighted by Crippen LogP contribution is 2.22. The zero-order valence-electron chi connectivity index (χ0n) is 10.5. The Morgan fingerprint density at radius 2 is 2.11 bits per heavy atom. The molecule has 0 aromatic heterocycles. The number of hydrogen-bond acceptors (Lipinski definition) is 3. The molecule has 0 saturated carbocycles. The topological polar surface area (TPSA) is 58.6 Å². The molecule has 100 valence electrons. The second kappa shape index (κ2) is 7.24. The lowest BCUT2D eigenvalue weighted by Crippen LogP contribution is -2.43. The molecule has 0 saturated heterocycles. The number of carbonyl (C=O) groups is 1. The number of hydrogen-bond donors (Lipinski definition) is 2. The van der Waals surface area contributed by atoms with E-state index < -0.39 is 0 Å². The van der Waals surface area contributed by atoms with Crippen LogP contribution in [0.4, 0.5) is 0 Å². The monoisotopic (exact) mass is 271 g/mol. The van der Waals surface area contributed by atoms with Gasteiger partial charge in [0.2, 0.25) is 0 Å². The number of aliphatic hydroxyl groups is 1. The molecule has 2 N–H and O–H groups in total. The summed E-state index contributed by atoms with van der Waals surface area (Å²) in [7, 11) is 0. The zero-order valence-corrected chi connectivity index (χ0v) is 11.3. The van der Waals surface area contributed by atoms with E-state index in [1.54, 1.807) is 24.3 Å². The van der Waals surface area contributed by atoms with E-state index in [1.807, 2.05) is 13.8 Å². The zero-order chi connectivity index (χ0) is 13.5. The largest absolute Gasteiger partial charge is 0.482 e. The minimum Gasteiger partial charge on any atom is -0.482 e. The fourth-order valence-corrected chi connectivity index (χ4v) is 1.57. The van der Waals surface area contributed by atoms with Gasteiger partial charge >= 0.3 is 0 Å². The Morgan fingerprint density at radius 3 is 2.67 bits per heavy atom. The Morgan fingerprint density at radius 1 is 1.44 bits per heavy atom. The van der Waals surface area contributed by atoms with Crippen molar-refractivity contribution in [2.45, 2.75) is 19.9 Å². The van der Waals surface area contributed by atoms with Gasteiger partial charge in [-0.15, -0.1) is 0 Å². The van der Waals surface area contributed by atoms with Gasteiger partial charge in [-0.05, 0) is 18.1 Å². The molecular weight excluding hydrogens is 254 g/mol. The quantitative estimate of drug-likeness (QED) is 0.830. The van der Waals surface area contributed by atoms with Crippen molar-refractivity contribution in [2.24, 2.45) is 5.92 Å². The Kier molecular flexibility index (Phi) is 5.95. The standard InChI is InChI=1S/C13H18ClNO3/c1-9(2)11(7-16)15-13(17)8-18-12-6-4-3-5-10(12)14/h3-6,9,11,16H,7-8H2,1-2H3,(H,15,17)/t11-/m1/s1. The van der Waals surface area contributed by atoms with Crippen LogP contribution in [0.1, 0.15) is 13.8 Å². The predicted octanol–water partition coefficient (Wildman–Crippen LogP) is 1.85. The summed E-state index contributed by atoms with van der Waals surface area (Å²) in [6.45, 7) is 3.65. The number of amides is 1. The second-order valence-electron chi connectivity index (χ2n) is 4.32. The van der Waals surface area contributed by atoms with Gasteiger partial charge in [0, 0.05) is 0 Å². The van der Waals surface area contributed by atoms with Crippen LogP contribution in [0.2, 0.25) is 5.02 Å². The molecule has 0 unspecified atom stereocenters. The highest BCUT2D eigenvalue weighted by atomic mass is 35.5. The molecule has 0 radical (unpaired) electrons. The maximum atomic E-state index is 11.6. The van der Waals surface area contributed by atoms with Gasteiger partial charge in [0.05, 0.1) is 17.7 Å². The van der Waals surface area contributed by atoms with Gasteiger partial charge in [0.15, 0.2) is 6.61 Å². The fraction of sp³-hybridized carbons (Fsp3) is 0.462. The first-order chi connectivity index (χ1) is 8.54. The Bertz CT molecular complexity index is 396. The van der Waals surface area contributed by atoms with Gasteiger partial charge in [-0.1, -0.05) is 37.6 Å². The van der Waals surface area contributed by atoms with Crippen molar-refractivity contribution in [2.75, 3.05) is 13.2 Å². The van der Waals surface area contributed by atoms with E-state index in [4.69, 9.17) is 21.4 Å². The molecule has 0 spiro atoms. The molecule has 5 heteroatoms. The van der Waals surface area contributed by atoms with E-state index in [2.05, 4.69) is 5.32 Å². The molecule has 0 heterocycles. The average molecular weight is 272 g/mol. The molecule has 1 amide bonds. The Labute approximate surface area is 112 Å². The van der Waals surface area contributed by atoms with Crippen molar-refractivity contribution >= 4 is 17.5 Å². The van der Waals surface area contributed by atoms with Crippen molar-refractivity contribution in [1.29, 1.82) is 0 Å². The lowest BCUT2D eigenvalue weighted by Gasteiger charge is -2.19. The SMILES string of the molecule is CC(C)[C@@H](CO)NC(=O)COc1ccccc1Cl. The van der Waals surface area contributed by atoms with Crippen molar-refractivity contribution in [3.05, 3.63) is 29.3 Å². The Hall–Kier alpha value is -1.26. The smallest absolute Gasteiger partial charge is 0.258 e. The van der Waals surface area contributed by atoms with Gasteiger partial charge in [-0.3, -0.25) is 4.79 Å². The van der Waals surface area contributed by atoms with E-state index in [-0.39, 0.29) is 31.1 Å². The Balaban J connectivity index is 2.44. The molecule has 18 heavy (non-hydrogen) atoms. The van der Waals surface area contributed by atoms with Crippen LogP contribution in [-0.2, 0) is 4.79 Å². The summed E-state index contributed by atoms with van der Waals surface area (Å²) >= 11 is 5.89. The third-order valence-corrected chi connectivity index (χ3v) is 2.86. The third-order valence-electron chi connectivity index (χ3n) is 2.54. The van der Waals surface area contributed by atoms with E-state index in [0.717, 1.165) is 0 Å². The number of benzene rings is 1. The lowest BCUT2D eigenvalue weighted by atomic mass is 10.1. The van der Waals surface area contributed by atoms with Gasteiger partial charge < -0.3 is 15.2 Å². The maximum Gasteiger partial charge on any atom is 0.258 e. The average Bonchev–Trinajstić information content (AvgIpc) is 2.34. The minimum absolute atomic E-state index is 0.0878. The first-order valence-electron chi connectivity index (χ1n) is 5.82. The third kappa shape index (κ3) is 4.55. The number of carbonyl (C=O) groups excluding carboxylic acids is 1. The molecule has 1 atom stereocenters. The van der Waals surface area contributed by atoms with Crippen LogP contribution in [0.3, 0.4) is 0 Å². The van der Waals surface area contributed by atoms with Crippen LogP contribution in [-0.4, -0.2) is 30.3 Å². The van der Waals surface area contributed by atoms with E-state index in [1.165, 1.54) is 0 Å². The molecule has 0 fully saturated rings. The second-order valence-corrected chi connectivity index (χ2v) is 4.73. The molecule has 1 rings (SSSR count). The van der Waals surface area contributed by atoms with Crippen LogP contribution in [0.5, 0.6) is 5.75 Å². The highest BCUT2D eigenvalue weighted by Gasteiger charge is 2.15. The molecule has 0 aliphatic carbocycles. The van der Waals surface area contributed by atoms with Crippen molar-refractivity contribution in [3.63, 3.8) is 0 Å². The summed E-state index contributed by atoms with van der Waals surface area (Å²) in [6.07, 6.45) is 0. The lowest BCUT2D eigenvalue weighted by molar-refractivity contribution is -0.124. The van der Waals surface area contributed by atoms with Gasteiger partial charge in [-0.2, -0.15) is 0 Å². The summed E-state index contributed by atoms with van der Waals surface area (Å²) in [6, 6.07) is 6.70. The van der Waals surface area contributed by atoms with Crippen LogP contribution in [0, 0.1) is 5.92 Å². The van der Waals surface area contributed by atoms with Gasteiger partial charge in [0.1, 0.15) is 5.75 Å². The fourth-order valence-electron chi connectivity index (χ4n) is 1.38. The maximum absolute atomic E-state index is 11.6. The molecule has 0 aliphatic rings. The highest BCUT2D eigenvalue weighted by molar-refractivity contribution is 6.32. The summed E-state index contributed by atoms with van der Waals surface area (Å²) in [5, 5.41) is 12.3. The van der Waals surface area contributed by atoms with Gasteiger partial charge in [0.25, 0.3) is 5.91 Å². The summed E-state index contributed by atoms with van der Waals surface area (Å²) in [5.41, 5.74) is 0. The summed E-state index contributed by atoms with van der Waals surface area (Å²) < 4.78 is 5.30. The predicted molar refractivity (Wildman–Crippen MR) is 70.8 cm³/mol. The first kappa shape index (κ1) is 14.8. The first-order valence-corrected chi connectivity index (χ1v) is 6.20. The van der Waals surface area contributed by atoms with Gasteiger partial charge in [-0.25, -0.2) is 0 Å². The molecule has 4 nitrogen and oxygen atoms in total. The number of nitrogens with one attached hydrogen (secondary N) is 1. The van der Waals surface area contributed by atoms with E-state index >= 15 is 0 Å². The number of ether oxygens (including phenoxy) is 1. The minimum atomic E-state index is -0.275. The van der Waals surface area contributed by atoms with Crippen molar-refractivity contribution < 1.29 is 14.6 Å².